The average molecular weight is 223 g/mol. The van der Waals surface area contributed by atoms with Crippen LogP contribution in [0.1, 0.15) is 12.8 Å². The molecule has 0 aliphatic heterocycles. The number of hydrogen-bond acceptors (Lipinski definition) is 6. The van der Waals surface area contributed by atoms with E-state index in [-0.39, 0.29) is 26.1 Å². The molecule has 0 aromatic heterocycles. The van der Waals surface area contributed by atoms with Crippen molar-refractivity contribution in [2.45, 2.75) is 25.3 Å². The van der Waals surface area contributed by atoms with Gasteiger partial charge in [0.05, 0.1) is 0 Å². The number of aliphatic carboxylic acids is 1. The zero-order valence-electron chi connectivity index (χ0n) is 8.28. The minimum Gasteiger partial charge on any atom is -0.480 e. The molecule has 0 spiro atoms. The molecule has 7 nitrogen and oxygen atoms in total. The van der Waals surface area contributed by atoms with Crippen LogP contribution in [0.5, 0.6) is 0 Å². The molecule has 0 aliphatic rings. The number of carbonyl (C=O) groups is 1. The van der Waals surface area contributed by atoms with Gasteiger partial charge < -0.3 is 25.5 Å². The Hall–Kier alpha value is -0.730. The summed E-state index contributed by atoms with van der Waals surface area (Å²) in [5, 5.41) is 44.5. The first-order chi connectivity index (χ1) is 7.02. The SMILES string of the molecule is O=C(O)CN(C(O)CCO)C(O)CCO. The van der Waals surface area contributed by atoms with E-state index < -0.39 is 25.0 Å². The first-order valence-corrected chi connectivity index (χ1v) is 4.58. The molecule has 5 N–H and O–H groups in total. The van der Waals surface area contributed by atoms with Crippen LogP contribution < -0.4 is 0 Å². The highest BCUT2D eigenvalue weighted by molar-refractivity contribution is 5.69. The quantitative estimate of drug-likeness (QED) is 0.295. The molecule has 0 heterocycles. The molecule has 0 aliphatic carbocycles. The predicted octanol–water partition coefficient (Wildman–Crippen LogP) is -2.23. The van der Waals surface area contributed by atoms with Gasteiger partial charge in [-0.05, 0) is 0 Å². The second-order valence-corrected chi connectivity index (χ2v) is 3.05. The standard InChI is InChI=1S/C8H17NO6/c10-3-1-6(12)9(5-8(14)15)7(13)2-4-11/h6-7,10-13H,1-5H2,(H,14,15). The molecule has 2 atom stereocenters. The highest BCUT2D eigenvalue weighted by Crippen LogP contribution is 2.07. The molecule has 90 valence electrons. The van der Waals surface area contributed by atoms with E-state index >= 15 is 0 Å². The smallest absolute Gasteiger partial charge is 0.317 e. The zero-order valence-corrected chi connectivity index (χ0v) is 8.28. The van der Waals surface area contributed by atoms with Gasteiger partial charge in [-0.1, -0.05) is 0 Å². The maximum atomic E-state index is 10.4. The molecule has 2 unspecified atom stereocenters. The van der Waals surface area contributed by atoms with E-state index in [4.69, 9.17) is 15.3 Å². The van der Waals surface area contributed by atoms with Crippen LogP contribution in [0.3, 0.4) is 0 Å². The van der Waals surface area contributed by atoms with E-state index in [9.17, 15) is 15.0 Å². The molecule has 0 aromatic carbocycles. The first kappa shape index (κ1) is 14.3. The molecule has 0 aromatic rings. The van der Waals surface area contributed by atoms with Gasteiger partial charge in [-0.2, -0.15) is 0 Å². The Bertz CT molecular complexity index is 176. The Balaban J connectivity index is 4.34. The highest BCUT2D eigenvalue weighted by atomic mass is 16.4. The van der Waals surface area contributed by atoms with Crippen molar-refractivity contribution in [1.29, 1.82) is 0 Å². The summed E-state index contributed by atoms with van der Waals surface area (Å²) in [6, 6.07) is 0. The Labute approximate surface area is 87.2 Å². The van der Waals surface area contributed by atoms with Gasteiger partial charge in [0.1, 0.15) is 19.0 Å². The lowest BCUT2D eigenvalue weighted by molar-refractivity contribution is -0.154. The van der Waals surface area contributed by atoms with Crippen molar-refractivity contribution >= 4 is 5.97 Å². The Morgan fingerprint density at radius 1 is 1.07 bits per heavy atom. The largest absolute Gasteiger partial charge is 0.480 e. The first-order valence-electron chi connectivity index (χ1n) is 4.58. The van der Waals surface area contributed by atoms with Crippen LogP contribution >= 0.6 is 0 Å². The van der Waals surface area contributed by atoms with Crippen LogP contribution in [0, 0.1) is 0 Å². The molecule has 0 saturated carbocycles. The number of aliphatic hydroxyl groups excluding tert-OH is 4. The van der Waals surface area contributed by atoms with Crippen molar-refractivity contribution in [2.75, 3.05) is 19.8 Å². The zero-order chi connectivity index (χ0) is 11.8. The van der Waals surface area contributed by atoms with E-state index in [1.165, 1.54) is 0 Å². The Morgan fingerprint density at radius 2 is 1.47 bits per heavy atom. The van der Waals surface area contributed by atoms with Gasteiger partial charge in [-0.3, -0.25) is 4.79 Å². The Morgan fingerprint density at radius 3 is 1.73 bits per heavy atom. The summed E-state index contributed by atoms with van der Waals surface area (Å²) in [4.78, 5) is 11.3. The summed E-state index contributed by atoms with van der Waals surface area (Å²) in [6.07, 6.45) is -2.61. The van der Waals surface area contributed by atoms with Crippen LogP contribution in [-0.4, -0.2) is 68.6 Å². The fraction of sp³-hybridized carbons (Fsp3) is 0.875. The molecule has 0 bridgehead atoms. The predicted molar refractivity (Wildman–Crippen MR) is 49.8 cm³/mol. The van der Waals surface area contributed by atoms with E-state index in [1.54, 1.807) is 0 Å². The second kappa shape index (κ2) is 7.55. The third-order valence-corrected chi connectivity index (χ3v) is 1.86. The lowest BCUT2D eigenvalue weighted by atomic mass is 10.3. The van der Waals surface area contributed by atoms with Crippen molar-refractivity contribution in [2.24, 2.45) is 0 Å². The maximum Gasteiger partial charge on any atom is 0.317 e. The molecular weight excluding hydrogens is 206 g/mol. The van der Waals surface area contributed by atoms with Crippen LogP contribution in [0.25, 0.3) is 0 Å². The summed E-state index contributed by atoms with van der Waals surface area (Å²) in [7, 11) is 0. The number of hydrogen-bond donors (Lipinski definition) is 5. The molecule has 0 radical (unpaired) electrons. The van der Waals surface area contributed by atoms with Crippen LogP contribution in [0.2, 0.25) is 0 Å². The molecular formula is C8H17NO6. The summed E-state index contributed by atoms with van der Waals surface area (Å²) in [6.45, 7) is -1.19. The summed E-state index contributed by atoms with van der Waals surface area (Å²) < 4.78 is 0. The van der Waals surface area contributed by atoms with Gasteiger partial charge in [0.2, 0.25) is 0 Å². The summed E-state index contributed by atoms with van der Waals surface area (Å²) >= 11 is 0. The van der Waals surface area contributed by atoms with Gasteiger partial charge in [-0.15, -0.1) is 0 Å². The topological polar surface area (TPSA) is 121 Å². The third-order valence-electron chi connectivity index (χ3n) is 1.86. The molecule has 0 fully saturated rings. The van der Waals surface area contributed by atoms with Crippen LogP contribution in [-0.2, 0) is 4.79 Å². The van der Waals surface area contributed by atoms with Gasteiger partial charge in [-0.25, -0.2) is 4.90 Å². The van der Waals surface area contributed by atoms with Crippen molar-refractivity contribution < 1.29 is 30.3 Å². The lowest BCUT2D eigenvalue weighted by Gasteiger charge is -2.30. The van der Waals surface area contributed by atoms with Gasteiger partial charge in [0.25, 0.3) is 0 Å². The normalized spacial score (nSPS) is 15.3. The van der Waals surface area contributed by atoms with Crippen molar-refractivity contribution in [3.05, 3.63) is 0 Å². The highest BCUT2D eigenvalue weighted by Gasteiger charge is 2.24. The van der Waals surface area contributed by atoms with E-state index in [0.29, 0.717) is 0 Å². The lowest BCUT2D eigenvalue weighted by Crippen LogP contribution is -2.46. The molecule has 0 saturated heterocycles. The molecule has 15 heavy (non-hydrogen) atoms. The van der Waals surface area contributed by atoms with Gasteiger partial charge >= 0.3 is 5.97 Å². The average Bonchev–Trinajstić information content (AvgIpc) is 2.14. The number of nitrogens with zero attached hydrogens (tertiary/aromatic N) is 1. The fourth-order valence-electron chi connectivity index (χ4n) is 1.13. The minimum atomic E-state index is -1.24. The fourth-order valence-corrected chi connectivity index (χ4v) is 1.13. The molecule has 7 heteroatoms. The van der Waals surface area contributed by atoms with Crippen molar-refractivity contribution in [3.8, 4) is 0 Å². The monoisotopic (exact) mass is 223 g/mol. The number of aliphatic hydroxyl groups is 4. The minimum absolute atomic E-state index is 0.0598. The van der Waals surface area contributed by atoms with E-state index in [0.717, 1.165) is 4.90 Å². The van der Waals surface area contributed by atoms with E-state index in [2.05, 4.69) is 0 Å². The van der Waals surface area contributed by atoms with Crippen molar-refractivity contribution in [1.82, 2.24) is 4.90 Å². The van der Waals surface area contributed by atoms with Crippen molar-refractivity contribution in [3.63, 3.8) is 0 Å². The number of rotatable bonds is 8. The van der Waals surface area contributed by atoms with E-state index in [1.807, 2.05) is 0 Å². The second-order valence-electron chi connectivity index (χ2n) is 3.05. The molecule has 0 rings (SSSR count). The van der Waals surface area contributed by atoms with Crippen LogP contribution in [0.4, 0.5) is 0 Å². The number of carboxylic acids is 1. The summed E-state index contributed by atoms with van der Waals surface area (Å²) in [5.74, 6) is -1.20. The van der Waals surface area contributed by atoms with Crippen LogP contribution in [0.15, 0.2) is 0 Å². The van der Waals surface area contributed by atoms with Gasteiger partial charge in [0.15, 0.2) is 0 Å². The third kappa shape index (κ3) is 5.65. The summed E-state index contributed by atoms with van der Waals surface area (Å²) in [5.41, 5.74) is 0. The Kier molecular flexibility index (Phi) is 7.18. The van der Waals surface area contributed by atoms with Gasteiger partial charge in [0, 0.05) is 26.1 Å². The maximum absolute atomic E-state index is 10.4. The number of carboxylic acid groups (broad SMARTS) is 1. The molecule has 0 amide bonds.